The number of nitrogens with zero attached hydrogens (tertiary/aromatic N) is 1. The Balaban J connectivity index is 1.50. The molecular formula is C19H35NO3. The Morgan fingerprint density at radius 2 is 1.87 bits per heavy atom. The van der Waals surface area contributed by atoms with Crippen LogP contribution in [-0.2, 0) is 9.47 Å². The van der Waals surface area contributed by atoms with Crippen molar-refractivity contribution in [2.75, 3.05) is 26.2 Å². The predicted octanol–water partition coefficient (Wildman–Crippen LogP) is 2.69. The van der Waals surface area contributed by atoms with Crippen molar-refractivity contribution in [3.8, 4) is 0 Å². The van der Waals surface area contributed by atoms with E-state index in [2.05, 4.69) is 39.5 Å². The number of morpholine rings is 1. The summed E-state index contributed by atoms with van der Waals surface area (Å²) in [6.45, 7) is 14.2. The highest BCUT2D eigenvalue weighted by Crippen LogP contribution is 2.63. The minimum absolute atomic E-state index is 0.245. The highest BCUT2D eigenvalue weighted by molar-refractivity contribution is 5.09. The van der Waals surface area contributed by atoms with E-state index in [1.807, 2.05) is 0 Å². The second kappa shape index (κ2) is 6.29. The van der Waals surface area contributed by atoms with Gasteiger partial charge >= 0.3 is 0 Å². The van der Waals surface area contributed by atoms with E-state index >= 15 is 0 Å². The quantitative estimate of drug-likeness (QED) is 0.844. The molecule has 0 aromatic heterocycles. The van der Waals surface area contributed by atoms with Crippen LogP contribution in [0.25, 0.3) is 0 Å². The van der Waals surface area contributed by atoms with Crippen molar-refractivity contribution in [1.29, 1.82) is 0 Å². The topological polar surface area (TPSA) is 41.9 Å². The number of rotatable bonds is 5. The van der Waals surface area contributed by atoms with E-state index in [1.165, 1.54) is 19.3 Å². The van der Waals surface area contributed by atoms with Gasteiger partial charge in [0.25, 0.3) is 0 Å². The van der Waals surface area contributed by atoms with Crippen LogP contribution >= 0.6 is 0 Å². The van der Waals surface area contributed by atoms with Crippen molar-refractivity contribution < 1.29 is 14.6 Å². The highest BCUT2D eigenvalue weighted by atomic mass is 16.5. The first kappa shape index (κ1) is 17.7. The van der Waals surface area contributed by atoms with Crippen LogP contribution in [0.4, 0.5) is 0 Å². The highest BCUT2D eigenvalue weighted by Gasteiger charge is 2.60. The van der Waals surface area contributed by atoms with Crippen molar-refractivity contribution >= 4 is 0 Å². The van der Waals surface area contributed by atoms with Gasteiger partial charge in [0.1, 0.15) is 0 Å². The van der Waals surface area contributed by atoms with Crippen LogP contribution in [0.3, 0.4) is 0 Å². The number of hydrogen-bond donors (Lipinski definition) is 1. The minimum Gasteiger partial charge on any atom is -0.389 e. The normalized spacial score (nSPS) is 44.6. The lowest BCUT2D eigenvalue weighted by Crippen LogP contribution is -2.49. The SMILES string of the molecule is C[C@H]1CN(C[C@H](O)CO[C@@H]2C(C)(C)[C@@H]3CC[C@]2(C)C3)C[C@H](C)O1. The standard InChI is InChI=1S/C19H35NO3/c1-13-9-20(10-14(2)23-13)11-16(21)12-22-17-18(3,4)15-6-7-19(17,5)8-15/h13-17,21H,6-12H2,1-5H3/t13-,14-,15+,16-,17+,19+/m0/s1. The summed E-state index contributed by atoms with van der Waals surface area (Å²) in [5.41, 5.74) is 0.560. The second-order valence-electron chi connectivity index (χ2n) is 9.26. The molecule has 1 aliphatic heterocycles. The average molecular weight is 325 g/mol. The number of ether oxygens (including phenoxy) is 2. The first-order valence-electron chi connectivity index (χ1n) is 9.38. The number of aliphatic hydroxyl groups excluding tert-OH is 1. The first-order chi connectivity index (χ1) is 10.7. The molecule has 2 bridgehead atoms. The third-order valence-electron chi connectivity index (χ3n) is 6.56. The lowest BCUT2D eigenvalue weighted by molar-refractivity contribution is -0.121. The minimum atomic E-state index is -0.411. The average Bonchev–Trinajstić information content (AvgIpc) is 2.88. The zero-order valence-corrected chi connectivity index (χ0v) is 15.5. The van der Waals surface area contributed by atoms with Gasteiger partial charge in [-0.05, 0) is 49.9 Å². The molecule has 1 heterocycles. The summed E-state index contributed by atoms with van der Waals surface area (Å²) in [5.74, 6) is 0.788. The summed E-state index contributed by atoms with van der Waals surface area (Å²) in [7, 11) is 0. The van der Waals surface area contributed by atoms with Crippen molar-refractivity contribution in [2.45, 2.75) is 78.3 Å². The van der Waals surface area contributed by atoms with Crippen LogP contribution < -0.4 is 0 Å². The van der Waals surface area contributed by atoms with Crippen molar-refractivity contribution in [1.82, 2.24) is 4.90 Å². The Hall–Kier alpha value is -0.160. The lowest BCUT2D eigenvalue weighted by atomic mass is 9.70. The third kappa shape index (κ3) is 3.46. The molecule has 0 spiro atoms. The molecule has 2 aliphatic carbocycles. The second-order valence-corrected chi connectivity index (χ2v) is 9.26. The van der Waals surface area contributed by atoms with E-state index in [4.69, 9.17) is 9.47 Å². The maximum Gasteiger partial charge on any atom is 0.0900 e. The molecule has 134 valence electrons. The van der Waals surface area contributed by atoms with Crippen LogP contribution in [-0.4, -0.2) is 60.7 Å². The van der Waals surface area contributed by atoms with E-state index in [1.54, 1.807) is 0 Å². The maximum absolute atomic E-state index is 10.5. The summed E-state index contributed by atoms with van der Waals surface area (Å²) >= 11 is 0. The van der Waals surface area contributed by atoms with Gasteiger partial charge in [-0.25, -0.2) is 0 Å². The summed E-state index contributed by atoms with van der Waals surface area (Å²) in [6.07, 6.45) is 4.28. The maximum atomic E-state index is 10.5. The smallest absolute Gasteiger partial charge is 0.0900 e. The van der Waals surface area contributed by atoms with Gasteiger partial charge in [-0.15, -0.1) is 0 Å². The first-order valence-corrected chi connectivity index (χ1v) is 9.38. The van der Waals surface area contributed by atoms with Gasteiger partial charge < -0.3 is 14.6 Å². The number of hydrogen-bond acceptors (Lipinski definition) is 4. The fraction of sp³-hybridized carbons (Fsp3) is 1.00. The molecule has 4 heteroatoms. The summed E-state index contributed by atoms with van der Waals surface area (Å²) in [4.78, 5) is 2.31. The number of aliphatic hydroxyl groups is 1. The molecule has 23 heavy (non-hydrogen) atoms. The molecule has 0 radical (unpaired) electrons. The molecule has 6 atom stereocenters. The van der Waals surface area contributed by atoms with Gasteiger partial charge in [-0.1, -0.05) is 20.8 Å². The summed E-state index contributed by atoms with van der Waals surface area (Å²) in [6, 6.07) is 0. The molecule has 3 fully saturated rings. The molecule has 0 amide bonds. The molecular weight excluding hydrogens is 290 g/mol. The lowest BCUT2D eigenvalue weighted by Gasteiger charge is -2.43. The third-order valence-corrected chi connectivity index (χ3v) is 6.56. The molecule has 1 N–H and O–H groups in total. The number of fused-ring (bicyclic) bond motifs is 2. The Morgan fingerprint density at radius 1 is 1.22 bits per heavy atom. The van der Waals surface area contributed by atoms with Gasteiger partial charge in [-0.3, -0.25) is 4.90 Å². The summed E-state index contributed by atoms with van der Waals surface area (Å²) in [5, 5.41) is 10.5. The van der Waals surface area contributed by atoms with Gasteiger partial charge in [0.05, 0.1) is 31.0 Å². The molecule has 2 saturated carbocycles. The van der Waals surface area contributed by atoms with Gasteiger partial charge in [0.15, 0.2) is 0 Å². The van der Waals surface area contributed by atoms with Gasteiger partial charge in [-0.2, -0.15) is 0 Å². The Kier molecular flexibility index (Phi) is 4.83. The van der Waals surface area contributed by atoms with E-state index in [9.17, 15) is 5.11 Å². The van der Waals surface area contributed by atoms with Crippen LogP contribution in [0.5, 0.6) is 0 Å². The Morgan fingerprint density at radius 3 is 2.43 bits per heavy atom. The molecule has 0 unspecified atom stereocenters. The van der Waals surface area contributed by atoms with E-state index < -0.39 is 6.10 Å². The fourth-order valence-corrected chi connectivity index (χ4v) is 5.66. The zero-order chi connectivity index (χ0) is 16.8. The van der Waals surface area contributed by atoms with Crippen LogP contribution in [0.2, 0.25) is 0 Å². The van der Waals surface area contributed by atoms with E-state index in [-0.39, 0.29) is 23.7 Å². The van der Waals surface area contributed by atoms with Gasteiger partial charge in [0.2, 0.25) is 0 Å². The van der Waals surface area contributed by atoms with Crippen molar-refractivity contribution in [2.24, 2.45) is 16.7 Å². The Labute approximate surface area is 141 Å². The summed E-state index contributed by atoms with van der Waals surface area (Å²) < 4.78 is 12.1. The monoisotopic (exact) mass is 325 g/mol. The molecule has 0 aromatic carbocycles. The van der Waals surface area contributed by atoms with Crippen LogP contribution in [0.15, 0.2) is 0 Å². The fourth-order valence-electron chi connectivity index (χ4n) is 5.66. The molecule has 1 saturated heterocycles. The van der Waals surface area contributed by atoms with Crippen LogP contribution in [0.1, 0.15) is 53.9 Å². The molecule has 3 rings (SSSR count). The van der Waals surface area contributed by atoms with Crippen molar-refractivity contribution in [3.63, 3.8) is 0 Å². The van der Waals surface area contributed by atoms with Crippen LogP contribution in [0, 0.1) is 16.7 Å². The van der Waals surface area contributed by atoms with Gasteiger partial charge in [0, 0.05) is 19.6 Å². The largest absolute Gasteiger partial charge is 0.389 e. The Bertz CT molecular complexity index is 412. The molecule has 3 aliphatic rings. The van der Waals surface area contributed by atoms with E-state index in [0.29, 0.717) is 18.6 Å². The van der Waals surface area contributed by atoms with Crippen molar-refractivity contribution in [3.05, 3.63) is 0 Å². The molecule has 0 aromatic rings. The predicted molar refractivity (Wildman–Crippen MR) is 91.4 cm³/mol. The number of β-amino-alcohol motifs (C(OH)–C–C–N with tert-alkyl or cyclic N) is 1. The zero-order valence-electron chi connectivity index (χ0n) is 15.5. The molecule has 4 nitrogen and oxygen atoms in total. The van der Waals surface area contributed by atoms with E-state index in [0.717, 1.165) is 19.0 Å².